The Balaban J connectivity index is 1.85. The molecule has 1 fully saturated rings. The number of nitrogens with zero attached hydrogens (tertiary/aromatic N) is 1. The van der Waals surface area contributed by atoms with Crippen molar-refractivity contribution in [3.05, 3.63) is 36.4 Å². The second-order valence-electron chi connectivity index (χ2n) is 5.36. The highest BCUT2D eigenvalue weighted by atomic mass is 16.5. The van der Waals surface area contributed by atoms with Gasteiger partial charge in [0.2, 0.25) is 0 Å². The topological polar surface area (TPSA) is 51.2 Å². The minimum Gasteiger partial charge on any atom is -0.493 e. The maximum atomic E-state index is 10.1. The molecular weight excluding hydrogens is 282 g/mol. The molecular formula is C17H25NO4. The van der Waals surface area contributed by atoms with E-state index in [1.54, 1.807) is 7.11 Å². The van der Waals surface area contributed by atoms with Crippen molar-refractivity contribution < 1.29 is 19.3 Å². The van der Waals surface area contributed by atoms with Crippen molar-refractivity contribution in [3.8, 4) is 11.5 Å². The van der Waals surface area contributed by atoms with Crippen LogP contribution in [0.4, 0.5) is 0 Å². The molecule has 0 aromatic heterocycles. The van der Waals surface area contributed by atoms with E-state index in [1.165, 1.54) is 0 Å². The number of aliphatic hydroxyl groups is 1. The molecule has 1 unspecified atom stereocenters. The molecule has 5 heteroatoms. The van der Waals surface area contributed by atoms with Crippen LogP contribution in [0.2, 0.25) is 0 Å². The summed E-state index contributed by atoms with van der Waals surface area (Å²) in [4.78, 5) is 2.18. The Labute approximate surface area is 132 Å². The summed E-state index contributed by atoms with van der Waals surface area (Å²) in [6.45, 7) is 7.74. The number of ether oxygens (including phenoxy) is 3. The first-order valence-corrected chi connectivity index (χ1v) is 7.61. The van der Waals surface area contributed by atoms with Gasteiger partial charge < -0.3 is 19.3 Å². The molecule has 1 aromatic carbocycles. The van der Waals surface area contributed by atoms with Crippen LogP contribution >= 0.6 is 0 Å². The van der Waals surface area contributed by atoms with Gasteiger partial charge in [-0.15, -0.1) is 6.58 Å². The summed E-state index contributed by atoms with van der Waals surface area (Å²) in [5.74, 6) is 1.33. The van der Waals surface area contributed by atoms with Crippen LogP contribution in [-0.2, 0) is 11.2 Å². The first-order valence-electron chi connectivity index (χ1n) is 7.61. The smallest absolute Gasteiger partial charge is 0.161 e. The maximum absolute atomic E-state index is 10.1. The molecule has 1 aliphatic rings. The Bertz CT molecular complexity index is 472. The normalized spacial score (nSPS) is 17.0. The lowest BCUT2D eigenvalue weighted by atomic mass is 10.1. The molecule has 1 N–H and O–H groups in total. The highest BCUT2D eigenvalue weighted by molar-refractivity contribution is 5.43. The van der Waals surface area contributed by atoms with Gasteiger partial charge in [-0.1, -0.05) is 12.1 Å². The van der Waals surface area contributed by atoms with Crippen LogP contribution in [0.25, 0.3) is 0 Å². The van der Waals surface area contributed by atoms with E-state index < -0.39 is 6.10 Å². The predicted octanol–water partition coefficient (Wildman–Crippen LogP) is 1.50. The Morgan fingerprint density at radius 1 is 1.36 bits per heavy atom. The summed E-state index contributed by atoms with van der Waals surface area (Å²) in [5.41, 5.74) is 1.12. The zero-order valence-electron chi connectivity index (χ0n) is 13.2. The predicted molar refractivity (Wildman–Crippen MR) is 85.7 cm³/mol. The fourth-order valence-corrected chi connectivity index (χ4v) is 2.45. The van der Waals surface area contributed by atoms with Crippen molar-refractivity contribution in [2.45, 2.75) is 12.5 Å². The minimum absolute atomic E-state index is 0.245. The van der Waals surface area contributed by atoms with E-state index in [2.05, 4.69) is 11.5 Å². The van der Waals surface area contributed by atoms with E-state index in [-0.39, 0.29) is 6.61 Å². The molecule has 0 amide bonds. The summed E-state index contributed by atoms with van der Waals surface area (Å²) >= 11 is 0. The van der Waals surface area contributed by atoms with Crippen LogP contribution in [0.3, 0.4) is 0 Å². The molecule has 2 rings (SSSR count). The summed E-state index contributed by atoms with van der Waals surface area (Å²) in [7, 11) is 1.62. The monoisotopic (exact) mass is 307 g/mol. The molecule has 0 bridgehead atoms. The third-order valence-corrected chi connectivity index (χ3v) is 3.61. The Morgan fingerprint density at radius 3 is 2.82 bits per heavy atom. The van der Waals surface area contributed by atoms with Crippen molar-refractivity contribution in [1.82, 2.24) is 4.90 Å². The zero-order chi connectivity index (χ0) is 15.8. The highest BCUT2D eigenvalue weighted by Gasteiger charge is 2.16. The molecule has 1 heterocycles. The quantitative estimate of drug-likeness (QED) is 0.738. The third-order valence-electron chi connectivity index (χ3n) is 3.61. The number of hydrogen-bond acceptors (Lipinski definition) is 5. The number of hydrogen-bond donors (Lipinski definition) is 1. The van der Waals surface area contributed by atoms with Crippen LogP contribution in [0, 0.1) is 0 Å². The van der Waals surface area contributed by atoms with Crippen molar-refractivity contribution in [1.29, 1.82) is 0 Å². The molecule has 0 spiro atoms. The number of benzene rings is 1. The fraction of sp³-hybridized carbons (Fsp3) is 0.529. The fourth-order valence-electron chi connectivity index (χ4n) is 2.45. The van der Waals surface area contributed by atoms with Gasteiger partial charge in [-0.25, -0.2) is 0 Å². The molecule has 1 aromatic rings. The lowest BCUT2D eigenvalue weighted by Crippen LogP contribution is -2.42. The lowest BCUT2D eigenvalue weighted by Gasteiger charge is -2.28. The molecule has 0 aliphatic carbocycles. The van der Waals surface area contributed by atoms with E-state index >= 15 is 0 Å². The summed E-state index contributed by atoms with van der Waals surface area (Å²) in [6, 6.07) is 5.79. The second-order valence-corrected chi connectivity index (χ2v) is 5.36. The van der Waals surface area contributed by atoms with Crippen LogP contribution in [0.5, 0.6) is 11.5 Å². The third kappa shape index (κ3) is 5.02. The average Bonchev–Trinajstić information content (AvgIpc) is 2.54. The SMILES string of the molecule is C=CCc1ccc(OCC(O)CN2CCOCC2)c(OC)c1. The number of methoxy groups -OCH3 is 1. The van der Waals surface area contributed by atoms with Gasteiger partial charge in [0.25, 0.3) is 0 Å². The maximum Gasteiger partial charge on any atom is 0.161 e. The van der Waals surface area contributed by atoms with Crippen LogP contribution in [0.15, 0.2) is 30.9 Å². The summed E-state index contributed by atoms with van der Waals surface area (Å²) < 4.78 is 16.3. The van der Waals surface area contributed by atoms with Crippen LogP contribution in [-0.4, -0.2) is 62.7 Å². The average molecular weight is 307 g/mol. The number of rotatable bonds is 8. The number of allylic oxidation sites excluding steroid dienone is 1. The van der Waals surface area contributed by atoms with Gasteiger partial charge in [-0.2, -0.15) is 0 Å². The molecule has 1 saturated heterocycles. The van der Waals surface area contributed by atoms with Crippen molar-refractivity contribution in [2.75, 3.05) is 46.6 Å². The van der Waals surface area contributed by atoms with E-state index in [0.29, 0.717) is 18.0 Å². The van der Waals surface area contributed by atoms with Gasteiger partial charge in [0.05, 0.1) is 20.3 Å². The van der Waals surface area contributed by atoms with Crippen molar-refractivity contribution in [3.63, 3.8) is 0 Å². The number of β-amino-alcohol motifs (C(OH)–C–C–N with tert-alkyl or cyclic N) is 1. The van der Waals surface area contributed by atoms with Gasteiger partial charge in [-0.3, -0.25) is 4.90 Å². The molecule has 22 heavy (non-hydrogen) atoms. The van der Waals surface area contributed by atoms with Gasteiger partial charge in [-0.05, 0) is 24.1 Å². The van der Waals surface area contributed by atoms with Crippen LogP contribution < -0.4 is 9.47 Å². The first kappa shape index (κ1) is 16.8. The second kappa shape index (κ2) is 8.78. The van der Waals surface area contributed by atoms with Crippen molar-refractivity contribution >= 4 is 0 Å². The largest absolute Gasteiger partial charge is 0.493 e. The standard InChI is InChI=1S/C17H25NO4/c1-3-4-14-5-6-16(17(11-14)20-2)22-13-15(19)12-18-7-9-21-10-8-18/h3,5-6,11,15,19H,1,4,7-10,12-13H2,2H3. The van der Waals surface area contributed by atoms with Gasteiger partial charge in [0, 0.05) is 19.6 Å². The Hall–Kier alpha value is -1.56. The molecule has 0 radical (unpaired) electrons. The Morgan fingerprint density at radius 2 is 2.14 bits per heavy atom. The number of morpholine rings is 1. The summed E-state index contributed by atoms with van der Waals surface area (Å²) in [5, 5.41) is 10.1. The summed E-state index contributed by atoms with van der Waals surface area (Å²) in [6.07, 6.45) is 2.10. The first-order chi connectivity index (χ1) is 10.7. The van der Waals surface area contributed by atoms with Gasteiger partial charge >= 0.3 is 0 Å². The van der Waals surface area contributed by atoms with E-state index in [4.69, 9.17) is 14.2 Å². The molecule has 5 nitrogen and oxygen atoms in total. The Kier molecular flexibility index (Phi) is 6.71. The van der Waals surface area contributed by atoms with Gasteiger partial charge in [0.15, 0.2) is 11.5 Å². The van der Waals surface area contributed by atoms with E-state index in [9.17, 15) is 5.11 Å². The minimum atomic E-state index is -0.532. The zero-order valence-corrected chi connectivity index (χ0v) is 13.2. The lowest BCUT2D eigenvalue weighted by molar-refractivity contribution is 0.00445. The van der Waals surface area contributed by atoms with Crippen molar-refractivity contribution in [2.24, 2.45) is 0 Å². The molecule has 1 atom stereocenters. The highest BCUT2D eigenvalue weighted by Crippen LogP contribution is 2.28. The molecule has 1 aliphatic heterocycles. The van der Waals surface area contributed by atoms with Crippen LogP contribution in [0.1, 0.15) is 5.56 Å². The number of aliphatic hydroxyl groups excluding tert-OH is 1. The van der Waals surface area contributed by atoms with E-state index in [1.807, 2.05) is 24.3 Å². The van der Waals surface area contributed by atoms with E-state index in [0.717, 1.165) is 38.3 Å². The molecule has 0 saturated carbocycles. The van der Waals surface area contributed by atoms with Gasteiger partial charge in [0.1, 0.15) is 12.7 Å². The molecule has 122 valence electrons.